The highest BCUT2D eigenvalue weighted by molar-refractivity contribution is 7.19. The Hall–Kier alpha value is -2.55. The molecular weight excluding hydrogens is 413 g/mol. The van der Waals surface area contributed by atoms with Crippen LogP contribution in [0.4, 0.5) is 18.9 Å². The number of alkyl halides is 3. The van der Waals surface area contributed by atoms with Gasteiger partial charge in [0.05, 0.1) is 0 Å². The molecule has 0 bridgehead atoms. The molecule has 1 fully saturated rings. The molecule has 1 aliphatic carbocycles. The van der Waals surface area contributed by atoms with Crippen LogP contribution in [0.25, 0.3) is 10.1 Å². The van der Waals surface area contributed by atoms with E-state index in [1.807, 2.05) is 13.0 Å². The minimum atomic E-state index is -4.33. The van der Waals surface area contributed by atoms with Gasteiger partial charge in [0, 0.05) is 40.6 Å². The number of thiophene rings is 1. The highest BCUT2D eigenvalue weighted by Gasteiger charge is 2.33. The average Bonchev–Trinajstić information content (AvgIpc) is 3.36. The van der Waals surface area contributed by atoms with Crippen molar-refractivity contribution in [3.05, 3.63) is 47.1 Å². The largest absolute Gasteiger partial charge is 0.425 e. The van der Waals surface area contributed by atoms with E-state index in [1.54, 1.807) is 29.1 Å². The number of aromatic nitrogens is 2. The topological polar surface area (TPSA) is 59.0 Å². The number of rotatable bonds is 5. The van der Waals surface area contributed by atoms with Gasteiger partial charge in [0.2, 0.25) is 0 Å². The van der Waals surface area contributed by atoms with E-state index < -0.39 is 11.1 Å². The summed E-state index contributed by atoms with van der Waals surface area (Å²) in [6.07, 6.45) is 0.599. The number of nitrogens with zero attached hydrogens (tertiary/aromatic N) is 2. The lowest BCUT2D eigenvalue weighted by Gasteiger charge is -2.30. The highest BCUT2D eigenvalue weighted by Crippen LogP contribution is 2.40. The molecule has 1 aliphatic rings. The number of amides is 1. The van der Waals surface area contributed by atoms with Gasteiger partial charge in [-0.25, -0.2) is 0 Å². The van der Waals surface area contributed by atoms with E-state index >= 15 is 0 Å². The molecular formula is C21H23F3N4OS. The van der Waals surface area contributed by atoms with E-state index in [0.717, 1.165) is 42.7 Å². The summed E-state index contributed by atoms with van der Waals surface area (Å²) in [5, 5.41) is 11.2. The monoisotopic (exact) mass is 436 g/mol. The molecule has 9 heteroatoms. The molecule has 1 amide bonds. The standard InChI is InChI=1S/C21H23F3N4OS/c1-2-28-17(10-11-25-28)20(29)27-14-8-6-13(7-9-14)26-16-4-3-5-18-15(16)12-19(30-18)21(22,23)24/h3-5,10-14,26H,2,6-9H2,1H3,(H,27,29). The van der Waals surface area contributed by atoms with E-state index in [9.17, 15) is 18.0 Å². The SMILES string of the molecule is CCn1nccc1C(=O)NC1CCC(Nc2cccc3sc(C(F)(F)F)cc23)CC1. The molecule has 3 aromatic rings. The number of nitrogens with one attached hydrogen (secondary N) is 2. The summed E-state index contributed by atoms with van der Waals surface area (Å²) >= 11 is 0.770. The maximum Gasteiger partial charge on any atom is 0.425 e. The van der Waals surface area contributed by atoms with Crippen molar-refractivity contribution in [2.75, 3.05) is 5.32 Å². The van der Waals surface area contributed by atoms with Crippen LogP contribution in [0, 0.1) is 0 Å². The lowest BCUT2D eigenvalue weighted by atomic mass is 9.90. The Labute approximate surface area is 176 Å². The van der Waals surface area contributed by atoms with Crippen molar-refractivity contribution >= 4 is 33.0 Å². The van der Waals surface area contributed by atoms with E-state index in [2.05, 4.69) is 15.7 Å². The number of carbonyl (C=O) groups is 1. The average molecular weight is 437 g/mol. The van der Waals surface area contributed by atoms with Gasteiger partial charge < -0.3 is 10.6 Å². The Kier molecular flexibility index (Phi) is 5.73. The molecule has 2 heterocycles. The van der Waals surface area contributed by atoms with Crippen LogP contribution >= 0.6 is 11.3 Å². The van der Waals surface area contributed by atoms with Crippen LogP contribution < -0.4 is 10.6 Å². The second-order valence-corrected chi connectivity index (χ2v) is 8.61. The summed E-state index contributed by atoms with van der Waals surface area (Å²) in [6, 6.07) is 8.52. The molecule has 0 radical (unpaired) electrons. The summed E-state index contributed by atoms with van der Waals surface area (Å²) in [7, 11) is 0. The first-order chi connectivity index (χ1) is 14.3. The van der Waals surface area contributed by atoms with Crippen LogP contribution in [0.15, 0.2) is 36.5 Å². The number of carbonyl (C=O) groups excluding carboxylic acids is 1. The first-order valence-corrected chi connectivity index (χ1v) is 10.9. The van der Waals surface area contributed by atoms with E-state index in [4.69, 9.17) is 0 Å². The number of anilines is 1. The third kappa shape index (κ3) is 4.30. The Bertz CT molecular complexity index is 1030. The third-order valence-corrected chi connectivity index (χ3v) is 6.66. The Morgan fingerprint density at radius 1 is 1.20 bits per heavy atom. The fourth-order valence-corrected chi connectivity index (χ4v) is 4.92. The predicted molar refractivity (Wildman–Crippen MR) is 112 cm³/mol. The van der Waals surface area contributed by atoms with Crippen LogP contribution in [-0.4, -0.2) is 27.8 Å². The van der Waals surface area contributed by atoms with Crippen LogP contribution in [0.2, 0.25) is 0 Å². The molecule has 0 atom stereocenters. The fraction of sp³-hybridized carbons (Fsp3) is 0.429. The van der Waals surface area contributed by atoms with Crippen molar-refractivity contribution in [2.45, 2.75) is 57.4 Å². The van der Waals surface area contributed by atoms with Gasteiger partial charge in [-0.05, 0) is 56.9 Å². The quantitative estimate of drug-likeness (QED) is 0.571. The number of halogens is 3. The first kappa shape index (κ1) is 20.7. The molecule has 4 rings (SSSR count). The predicted octanol–water partition coefficient (Wildman–Crippen LogP) is 5.29. The molecule has 0 unspecified atom stereocenters. The Balaban J connectivity index is 1.37. The second-order valence-electron chi connectivity index (χ2n) is 7.52. The van der Waals surface area contributed by atoms with Gasteiger partial charge in [-0.1, -0.05) is 6.07 Å². The van der Waals surface area contributed by atoms with Gasteiger partial charge in [-0.2, -0.15) is 18.3 Å². The Morgan fingerprint density at radius 3 is 2.63 bits per heavy atom. The highest BCUT2D eigenvalue weighted by atomic mass is 32.1. The zero-order valence-electron chi connectivity index (χ0n) is 16.5. The molecule has 1 saturated carbocycles. The van der Waals surface area contributed by atoms with Crippen LogP contribution in [0.5, 0.6) is 0 Å². The van der Waals surface area contributed by atoms with Crippen molar-refractivity contribution in [1.29, 1.82) is 0 Å². The Morgan fingerprint density at radius 2 is 1.93 bits per heavy atom. The first-order valence-electron chi connectivity index (χ1n) is 10.0. The van der Waals surface area contributed by atoms with Gasteiger partial charge >= 0.3 is 6.18 Å². The van der Waals surface area contributed by atoms with Gasteiger partial charge in [-0.15, -0.1) is 11.3 Å². The number of hydrogen-bond donors (Lipinski definition) is 2. The lowest BCUT2D eigenvalue weighted by Crippen LogP contribution is -2.40. The zero-order valence-corrected chi connectivity index (χ0v) is 17.3. The number of fused-ring (bicyclic) bond motifs is 1. The lowest BCUT2D eigenvalue weighted by molar-refractivity contribution is -0.134. The number of aryl methyl sites for hydroxylation is 1. The summed E-state index contributed by atoms with van der Waals surface area (Å²) in [5.41, 5.74) is 1.29. The van der Waals surface area contributed by atoms with E-state index in [0.29, 0.717) is 22.3 Å². The van der Waals surface area contributed by atoms with Crippen molar-refractivity contribution in [1.82, 2.24) is 15.1 Å². The molecule has 0 aliphatic heterocycles. The molecule has 2 N–H and O–H groups in total. The molecule has 5 nitrogen and oxygen atoms in total. The fourth-order valence-electron chi connectivity index (χ4n) is 3.97. The molecule has 30 heavy (non-hydrogen) atoms. The minimum Gasteiger partial charge on any atom is -0.382 e. The minimum absolute atomic E-state index is 0.0875. The molecule has 0 spiro atoms. The van der Waals surface area contributed by atoms with Crippen molar-refractivity contribution < 1.29 is 18.0 Å². The smallest absolute Gasteiger partial charge is 0.382 e. The van der Waals surface area contributed by atoms with Gasteiger partial charge in [0.1, 0.15) is 10.6 Å². The normalized spacial score (nSPS) is 19.7. The van der Waals surface area contributed by atoms with Gasteiger partial charge in [-0.3, -0.25) is 9.48 Å². The van der Waals surface area contributed by atoms with Gasteiger partial charge in [0.25, 0.3) is 5.91 Å². The van der Waals surface area contributed by atoms with Crippen LogP contribution in [-0.2, 0) is 12.7 Å². The molecule has 0 saturated heterocycles. The van der Waals surface area contributed by atoms with E-state index in [1.165, 1.54) is 6.07 Å². The van der Waals surface area contributed by atoms with E-state index in [-0.39, 0.29) is 18.0 Å². The summed E-state index contributed by atoms with van der Waals surface area (Å²) < 4.78 is 41.5. The zero-order chi connectivity index (χ0) is 21.3. The number of benzene rings is 1. The van der Waals surface area contributed by atoms with Gasteiger partial charge in [0.15, 0.2) is 0 Å². The molecule has 160 valence electrons. The van der Waals surface area contributed by atoms with Crippen molar-refractivity contribution in [3.8, 4) is 0 Å². The summed E-state index contributed by atoms with van der Waals surface area (Å²) in [5.74, 6) is -0.117. The second kappa shape index (κ2) is 8.29. The maximum absolute atomic E-state index is 13.1. The summed E-state index contributed by atoms with van der Waals surface area (Å²) in [4.78, 5) is 11.9. The van der Waals surface area contributed by atoms with Crippen molar-refractivity contribution in [2.24, 2.45) is 0 Å². The van der Waals surface area contributed by atoms with Crippen molar-refractivity contribution in [3.63, 3.8) is 0 Å². The maximum atomic E-state index is 13.1. The van der Waals surface area contributed by atoms with Crippen LogP contribution in [0.3, 0.4) is 0 Å². The van der Waals surface area contributed by atoms with Crippen LogP contribution in [0.1, 0.15) is 48.0 Å². The molecule has 1 aromatic carbocycles. The summed E-state index contributed by atoms with van der Waals surface area (Å²) in [6.45, 7) is 2.57. The third-order valence-electron chi connectivity index (χ3n) is 5.51. The number of hydrogen-bond acceptors (Lipinski definition) is 4. The molecule has 2 aromatic heterocycles.